The van der Waals surface area contributed by atoms with E-state index in [0.29, 0.717) is 32.1 Å². The number of sulfonamides is 1. The highest BCUT2D eigenvalue weighted by Crippen LogP contribution is 2.31. The smallest absolute Gasteiger partial charge is 0.381 e. The number of hydrogen-bond acceptors (Lipinski definition) is 5. The van der Waals surface area contributed by atoms with Crippen LogP contribution in [0, 0.1) is 5.92 Å². The topological polar surface area (TPSA) is 62.7 Å². The second-order valence-corrected chi connectivity index (χ2v) is 9.20. The van der Waals surface area contributed by atoms with Crippen LogP contribution in [-0.2, 0) is 27.4 Å². The lowest BCUT2D eigenvalue weighted by molar-refractivity contribution is -0.141. The highest BCUT2D eigenvalue weighted by atomic mass is 32.2. The Morgan fingerprint density at radius 1 is 1.18 bits per heavy atom. The minimum atomic E-state index is -4.60. The van der Waals surface area contributed by atoms with Gasteiger partial charge in [0.1, 0.15) is 10.6 Å². The zero-order valence-corrected chi connectivity index (χ0v) is 16.7. The summed E-state index contributed by atoms with van der Waals surface area (Å²) in [6.45, 7) is 6.02. The normalized spacial score (nSPS) is 21.1. The Labute approximate surface area is 163 Å². The van der Waals surface area contributed by atoms with Crippen molar-refractivity contribution in [1.29, 1.82) is 0 Å². The predicted molar refractivity (Wildman–Crippen MR) is 97.4 cm³/mol. The third kappa shape index (κ3) is 4.84. The molecule has 0 atom stereocenters. The van der Waals surface area contributed by atoms with Gasteiger partial charge in [-0.05, 0) is 36.8 Å². The number of rotatable bonds is 5. The molecule has 0 saturated carbocycles. The van der Waals surface area contributed by atoms with E-state index in [1.807, 2.05) is 0 Å². The first-order chi connectivity index (χ1) is 13.2. The number of alkyl halides is 3. The van der Waals surface area contributed by atoms with Crippen LogP contribution in [-0.4, -0.2) is 68.5 Å². The summed E-state index contributed by atoms with van der Waals surface area (Å²) in [4.78, 5) is 5.49. The molecule has 6 nitrogen and oxygen atoms in total. The Hall–Kier alpha value is -1.23. The summed E-state index contributed by atoms with van der Waals surface area (Å²) in [6, 6.07) is 0.842. The van der Waals surface area contributed by atoms with E-state index in [1.165, 1.54) is 4.31 Å². The van der Waals surface area contributed by atoms with Crippen molar-refractivity contribution in [1.82, 2.24) is 14.2 Å². The predicted octanol–water partition coefficient (Wildman–Crippen LogP) is 2.40. The van der Waals surface area contributed by atoms with Gasteiger partial charge in [0, 0.05) is 52.1 Å². The van der Waals surface area contributed by atoms with Crippen molar-refractivity contribution < 1.29 is 26.3 Å². The summed E-state index contributed by atoms with van der Waals surface area (Å²) in [7, 11) is -3.87. The summed E-state index contributed by atoms with van der Waals surface area (Å²) in [5, 5.41) is 0. The van der Waals surface area contributed by atoms with Crippen LogP contribution in [0.1, 0.15) is 31.0 Å². The van der Waals surface area contributed by atoms with Crippen LogP contribution in [0.15, 0.2) is 17.2 Å². The number of aromatic nitrogens is 1. The second kappa shape index (κ2) is 8.64. The molecular weight excluding hydrogens is 395 g/mol. The fraction of sp³-hybridized carbons (Fsp3) is 0.722. The maximum atomic E-state index is 13.0. The van der Waals surface area contributed by atoms with Gasteiger partial charge in [-0.1, -0.05) is 6.92 Å². The first-order valence-corrected chi connectivity index (χ1v) is 11.0. The van der Waals surface area contributed by atoms with Gasteiger partial charge in [0.15, 0.2) is 0 Å². The lowest BCUT2D eigenvalue weighted by atomic mass is 9.99. The fourth-order valence-corrected chi connectivity index (χ4v) is 5.38. The second-order valence-electron chi connectivity index (χ2n) is 7.29. The van der Waals surface area contributed by atoms with Crippen LogP contribution < -0.4 is 0 Å². The average molecular weight is 421 g/mol. The highest BCUT2D eigenvalue weighted by Gasteiger charge is 2.36. The molecule has 3 heterocycles. The Balaban J connectivity index is 1.68. The van der Waals surface area contributed by atoms with Crippen LogP contribution in [0.25, 0.3) is 0 Å². The summed E-state index contributed by atoms with van der Waals surface area (Å²) in [6.07, 6.45) is -1.51. The van der Waals surface area contributed by atoms with Gasteiger partial charge in [0.05, 0.1) is 0 Å². The van der Waals surface area contributed by atoms with Gasteiger partial charge in [-0.15, -0.1) is 0 Å². The molecule has 0 aromatic carbocycles. The first kappa shape index (κ1) is 21.5. The van der Waals surface area contributed by atoms with Crippen molar-refractivity contribution in [2.45, 2.75) is 37.3 Å². The van der Waals surface area contributed by atoms with E-state index in [1.54, 1.807) is 6.92 Å². The summed E-state index contributed by atoms with van der Waals surface area (Å²) < 4.78 is 71.4. The van der Waals surface area contributed by atoms with E-state index in [2.05, 4.69) is 9.88 Å². The molecule has 2 aliphatic heterocycles. The maximum Gasteiger partial charge on any atom is 0.433 e. The SMILES string of the molecule is CCc1cc(C(F)(F)F)ncc1S(=O)(=O)N1CCN(CC2CCOCC2)CC1. The fourth-order valence-electron chi connectivity index (χ4n) is 3.73. The number of pyridine rings is 1. The van der Waals surface area contributed by atoms with Crippen molar-refractivity contribution in [3.05, 3.63) is 23.5 Å². The van der Waals surface area contributed by atoms with E-state index in [4.69, 9.17) is 4.74 Å². The summed E-state index contributed by atoms with van der Waals surface area (Å²) >= 11 is 0. The molecule has 0 unspecified atom stereocenters. The number of piperazine rings is 1. The van der Waals surface area contributed by atoms with Gasteiger partial charge in [-0.2, -0.15) is 17.5 Å². The molecule has 28 heavy (non-hydrogen) atoms. The molecule has 0 N–H and O–H groups in total. The standard InChI is InChI=1S/C18H26F3N3O3S/c1-2-15-11-17(18(19,20)21)22-12-16(15)28(25,26)24-7-5-23(6-8-24)13-14-3-9-27-10-4-14/h11-12,14H,2-10,13H2,1H3. The van der Waals surface area contributed by atoms with Crippen LogP contribution in [0.3, 0.4) is 0 Å². The van der Waals surface area contributed by atoms with Crippen molar-refractivity contribution in [3.8, 4) is 0 Å². The molecule has 0 amide bonds. The summed E-state index contributed by atoms with van der Waals surface area (Å²) in [5.74, 6) is 0.572. The average Bonchev–Trinajstić information content (AvgIpc) is 2.68. The lowest BCUT2D eigenvalue weighted by Crippen LogP contribution is -2.50. The number of halogens is 3. The van der Waals surface area contributed by atoms with Crippen LogP contribution >= 0.6 is 0 Å². The molecule has 1 aromatic rings. The molecule has 0 radical (unpaired) electrons. The van der Waals surface area contributed by atoms with E-state index in [9.17, 15) is 21.6 Å². The van der Waals surface area contributed by atoms with E-state index >= 15 is 0 Å². The van der Waals surface area contributed by atoms with Crippen LogP contribution in [0.5, 0.6) is 0 Å². The van der Waals surface area contributed by atoms with Gasteiger partial charge in [0.25, 0.3) is 0 Å². The monoisotopic (exact) mass is 421 g/mol. The Morgan fingerprint density at radius 3 is 2.39 bits per heavy atom. The Bertz CT molecular complexity index is 772. The molecule has 2 aliphatic rings. The summed E-state index contributed by atoms with van der Waals surface area (Å²) in [5.41, 5.74) is -0.920. The number of ether oxygens (including phenoxy) is 1. The first-order valence-electron chi connectivity index (χ1n) is 9.58. The van der Waals surface area contributed by atoms with Crippen molar-refractivity contribution in [3.63, 3.8) is 0 Å². The number of nitrogens with zero attached hydrogens (tertiary/aromatic N) is 3. The van der Waals surface area contributed by atoms with E-state index in [-0.39, 0.29) is 16.9 Å². The molecule has 0 spiro atoms. The van der Waals surface area contributed by atoms with E-state index in [0.717, 1.165) is 44.9 Å². The Kier molecular flexibility index (Phi) is 6.63. The van der Waals surface area contributed by atoms with E-state index < -0.39 is 21.9 Å². The third-order valence-electron chi connectivity index (χ3n) is 5.43. The number of hydrogen-bond donors (Lipinski definition) is 0. The van der Waals surface area contributed by atoms with Crippen molar-refractivity contribution in [2.75, 3.05) is 45.9 Å². The largest absolute Gasteiger partial charge is 0.433 e. The molecule has 10 heteroatoms. The van der Waals surface area contributed by atoms with Gasteiger partial charge in [-0.3, -0.25) is 4.98 Å². The molecular formula is C18H26F3N3O3S. The molecule has 0 aliphatic carbocycles. The van der Waals surface area contributed by atoms with Crippen LogP contribution in [0.4, 0.5) is 13.2 Å². The van der Waals surface area contributed by atoms with Gasteiger partial charge >= 0.3 is 6.18 Å². The minimum Gasteiger partial charge on any atom is -0.381 e. The molecule has 2 fully saturated rings. The molecule has 158 valence electrons. The van der Waals surface area contributed by atoms with Crippen molar-refractivity contribution in [2.24, 2.45) is 5.92 Å². The lowest BCUT2D eigenvalue weighted by Gasteiger charge is -2.36. The highest BCUT2D eigenvalue weighted by molar-refractivity contribution is 7.89. The van der Waals surface area contributed by atoms with Gasteiger partial charge in [0.2, 0.25) is 10.0 Å². The van der Waals surface area contributed by atoms with Gasteiger partial charge < -0.3 is 9.64 Å². The molecule has 2 saturated heterocycles. The molecule has 0 bridgehead atoms. The van der Waals surface area contributed by atoms with Gasteiger partial charge in [-0.25, -0.2) is 8.42 Å². The third-order valence-corrected chi connectivity index (χ3v) is 7.39. The zero-order chi connectivity index (χ0) is 20.4. The number of aryl methyl sites for hydroxylation is 1. The Morgan fingerprint density at radius 2 is 1.82 bits per heavy atom. The minimum absolute atomic E-state index is 0.124. The maximum absolute atomic E-state index is 13.0. The zero-order valence-electron chi connectivity index (χ0n) is 15.9. The van der Waals surface area contributed by atoms with Crippen molar-refractivity contribution >= 4 is 10.0 Å². The van der Waals surface area contributed by atoms with Crippen LogP contribution in [0.2, 0.25) is 0 Å². The quantitative estimate of drug-likeness (QED) is 0.731. The molecule has 3 rings (SSSR count). The molecule has 1 aromatic heterocycles.